The lowest BCUT2D eigenvalue weighted by atomic mass is 10.2. The number of nitrogens with zero attached hydrogens (tertiary/aromatic N) is 1. The van der Waals surface area contributed by atoms with E-state index in [1.54, 1.807) is 36.4 Å². The number of amides is 1. The van der Waals surface area contributed by atoms with Crippen molar-refractivity contribution in [3.8, 4) is 5.75 Å². The largest absolute Gasteiger partial charge is 0.489 e. The van der Waals surface area contributed by atoms with Crippen LogP contribution in [0.1, 0.15) is 21.5 Å². The van der Waals surface area contributed by atoms with Crippen LogP contribution in [-0.2, 0) is 6.61 Å². The number of ether oxygens (including phenoxy) is 1. The number of carbonyl (C=O) groups excluding carboxylic acids is 1. The van der Waals surface area contributed by atoms with Crippen LogP contribution in [0.3, 0.4) is 0 Å². The lowest BCUT2D eigenvalue weighted by Crippen LogP contribution is -2.17. The Morgan fingerprint density at radius 3 is 2.39 bits per heavy atom. The van der Waals surface area contributed by atoms with Crippen molar-refractivity contribution in [2.24, 2.45) is 5.10 Å². The highest BCUT2D eigenvalue weighted by Crippen LogP contribution is 2.23. The normalized spacial score (nSPS) is 10.8. The third kappa shape index (κ3) is 5.55. The third-order valence-electron chi connectivity index (χ3n) is 3.76. The first-order valence-electron chi connectivity index (χ1n) is 8.27. The quantitative estimate of drug-likeness (QED) is 0.427. The average Bonchev–Trinajstić information content (AvgIpc) is 2.70. The van der Waals surface area contributed by atoms with Crippen molar-refractivity contribution in [3.05, 3.63) is 99.3 Å². The molecule has 142 valence electrons. The van der Waals surface area contributed by atoms with Crippen molar-refractivity contribution in [2.45, 2.75) is 6.61 Å². The highest BCUT2D eigenvalue weighted by Gasteiger charge is 2.04. The van der Waals surface area contributed by atoms with E-state index in [1.165, 1.54) is 30.5 Å². The van der Waals surface area contributed by atoms with E-state index in [1.807, 2.05) is 6.07 Å². The summed E-state index contributed by atoms with van der Waals surface area (Å²) in [7, 11) is 0. The molecule has 1 amide bonds. The van der Waals surface area contributed by atoms with Crippen LogP contribution in [0.5, 0.6) is 5.75 Å². The van der Waals surface area contributed by atoms with Gasteiger partial charge in [-0.25, -0.2) is 9.82 Å². The summed E-state index contributed by atoms with van der Waals surface area (Å²) in [5.74, 6) is -0.141. The van der Waals surface area contributed by atoms with Gasteiger partial charge in [-0.15, -0.1) is 0 Å². The highest BCUT2D eigenvalue weighted by molar-refractivity contribution is 6.42. The zero-order valence-corrected chi connectivity index (χ0v) is 16.0. The zero-order chi connectivity index (χ0) is 19.9. The first-order chi connectivity index (χ1) is 13.5. The first-order valence-corrected chi connectivity index (χ1v) is 9.02. The Kier molecular flexibility index (Phi) is 6.63. The molecule has 0 saturated carbocycles. The minimum Gasteiger partial charge on any atom is -0.489 e. The fourth-order valence-electron chi connectivity index (χ4n) is 2.28. The fourth-order valence-corrected chi connectivity index (χ4v) is 2.60. The summed E-state index contributed by atoms with van der Waals surface area (Å²) in [5.41, 5.74) is 4.40. The Balaban J connectivity index is 1.52. The molecule has 0 aliphatic heterocycles. The molecule has 0 aliphatic carbocycles. The molecule has 0 aliphatic rings. The molecule has 0 unspecified atom stereocenters. The standard InChI is InChI=1S/C21H15Cl2FN2O2/c22-19-10-3-15(11-20(19)23)13-28-18-8-1-14(2-9-18)12-25-26-21(27)16-4-6-17(24)7-5-16/h1-12H,13H2,(H,26,27)/b25-12-. The number of rotatable bonds is 6. The second-order valence-corrected chi connectivity index (χ2v) is 6.63. The molecule has 0 radical (unpaired) electrons. The minimum atomic E-state index is -0.419. The van der Waals surface area contributed by atoms with E-state index in [9.17, 15) is 9.18 Å². The Bertz CT molecular complexity index is 990. The topological polar surface area (TPSA) is 50.7 Å². The zero-order valence-electron chi connectivity index (χ0n) is 14.5. The van der Waals surface area contributed by atoms with Gasteiger partial charge in [-0.2, -0.15) is 5.10 Å². The summed E-state index contributed by atoms with van der Waals surface area (Å²) >= 11 is 11.9. The SMILES string of the molecule is O=C(N/N=C\c1ccc(OCc2ccc(Cl)c(Cl)c2)cc1)c1ccc(F)cc1. The number of hydrazone groups is 1. The summed E-state index contributed by atoms with van der Waals surface area (Å²) in [6.07, 6.45) is 1.50. The van der Waals surface area contributed by atoms with Gasteiger partial charge in [0.2, 0.25) is 0 Å². The predicted octanol–water partition coefficient (Wildman–Crippen LogP) is 5.48. The van der Waals surface area contributed by atoms with Gasteiger partial charge in [0.15, 0.2) is 0 Å². The Hall–Kier alpha value is -2.89. The van der Waals surface area contributed by atoms with E-state index in [2.05, 4.69) is 10.5 Å². The molecule has 4 nitrogen and oxygen atoms in total. The number of hydrogen-bond acceptors (Lipinski definition) is 3. The van der Waals surface area contributed by atoms with Crippen LogP contribution in [0, 0.1) is 5.82 Å². The van der Waals surface area contributed by atoms with E-state index in [0.717, 1.165) is 11.1 Å². The summed E-state index contributed by atoms with van der Waals surface area (Å²) in [6, 6.07) is 17.7. The van der Waals surface area contributed by atoms with E-state index in [4.69, 9.17) is 27.9 Å². The lowest BCUT2D eigenvalue weighted by molar-refractivity contribution is 0.0955. The smallest absolute Gasteiger partial charge is 0.271 e. The van der Waals surface area contributed by atoms with Gasteiger partial charge in [0, 0.05) is 5.56 Å². The highest BCUT2D eigenvalue weighted by atomic mass is 35.5. The molecule has 1 N–H and O–H groups in total. The molecule has 7 heteroatoms. The third-order valence-corrected chi connectivity index (χ3v) is 4.49. The second-order valence-electron chi connectivity index (χ2n) is 5.81. The Labute approximate surface area is 171 Å². The van der Waals surface area contributed by atoms with Gasteiger partial charge in [0.05, 0.1) is 16.3 Å². The van der Waals surface area contributed by atoms with Crippen molar-refractivity contribution >= 4 is 35.3 Å². The minimum absolute atomic E-state index is 0.324. The molecule has 0 atom stereocenters. The lowest BCUT2D eigenvalue weighted by Gasteiger charge is -2.07. The Morgan fingerprint density at radius 2 is 1.71 bits per heavy atom. The molecule has 0 saturated heterocycles. The van der Waals surface area contributed by atoms with Crippen LogP contribution in [-0.4, -0.2) is 12.1 Å². The molecular formula is C21H15Cl2FN2O2. The molecule has 28 heavy (non-hydrogen) atoms. The van der Waals surface area contributed by atoms with Gasteiger partial charge >= 0.3 is 0 Å². The molecule has 0 heterocycles. The van der Waals surface area contributed by atoms with Gasteiger partial charge in [0.1, 0.15) is 18.2 Å². The maximum absolute atomic E-state index is 12.9. The maximum Gasteiger partial charge on any atom is 0.271 e. The van der Waals surface area contributed by atoms with Crippen LogP contribution >= 0.6 is 23.2 Å². The van der Waals surface area contributed by atoms with Crippen molar-refractivity contribution < 1.29 is 13.9 Å². The van der Waals surface area contributed by atoms with Crippen LogP contribution < -0.4 is 10.2 Å². The molecule has 0 fully saturated rings. The predicted molar refractivity (Wildman–Crippen MR) is 109 cm³/mol. The Morgan fingerprint density at radius 1 is 1.00 bits per heavy atom. The van der Waals surface area contributed by atoms with Gasteiger partial charge in [0.25, 0.3) is 5.91 Å². The monoisotopic (exact) mass is 416 g/mol. The molecule has 3 aromatic carbocycles. The number of benzene rings is 3. The van der Waals surface area contributed by atoms with E-state index >= 15 is 0 Å². The van der Waals surface area contributed by atoms with Crippen LogP contribution in [0.4, 0.5) is 4.39 Å². The average molecular weight is 417 g/mol. The molecular weight excluding hydrogens is 402 g/mol. The van der Waals surface area contributed by atoms with Crippen molar-refractivity contribution in [1.82, 2.24) is 5.43 Å². The number of nitrogens with one attached hydrogen (secondary N) is 1. The van der Waals surface area contributed by atoms with Crippen LogP contribution in [0.2, 0.25) is 10.0 Å². The van der Waals surface area contributed by atoms with Crippen molar-refractivity contribution in [1.29, 1.82) is 0 Å². The number of halogens is 3. The summed E-state index contributed by atoms with van der Waals surface area (Å²) < 4.78 is 18.6. The van der Waals surface area contributed by atoms with Gasteiger partial charge < -0.3 is 4.74 Å². The fraction of sp³-hybridized carbons (Fsp3) is 0.0476. The molecule has 3 rings (SSSR count). The van der Waals surface area contributed by atoms with Crippen LogP contribution in [0.25, 0.3) is 0 Å². The summed E-state index contributed by atoms with van der Waals surface area (Å²) in [5, 5.41) is 4.88. The van der Waals surface area contributed by atoms with E-state index in [0.29, 0.717) is 28.0 Å². The first kappa shape index (κ1) is 19.9. The van der Waals surface area contributed by atoms with Crippen molar-refractivity contribution in [3.63, 3.8) is 0 Å². The van der Waals surface area contributed by atoms with E-state index < -0.39 is 11.7 Å². The number of hydrogen-bond donors (Lipinski definition) is 1. The van der Waals surface area contributed by atoms with Gasteiger partial charge in [-0.3, -0.25) is 4.79 Å². The summed E-state index contributed by atoms with van der Waals surface area (Å²) in [4.78, 5) is 11.9. The molecule has 3 aromatic rings. The van der Waals surface area contributed by atoms with Gasteiger partial charge in [-0.1, -0.05) is 29.3 Å². The molecule has 0 aromatic heterocycles. The molecule has 0 bridgehead atoms. The second kappa shape index (κ2) is 9.35. The van der Waals surface area contributed by atoms with Crippen LogP contribution in [0.15, 0.2) is 71.8 Å². The maximum atomic E-state index is 12.9. The van der Waals surface area contributed by atoms with Crippen molar-refractivity contribution in [2.75, 3.05) is 0 Å². The van der Waals surface area contributed by atoms with E-state index in [-0.39, 0.29) is 0 Å². The number of carbonyl (C=O) groups is 1. The molecule has 0 spiro atoms. The summed E-state index contributed by atoms with van der Waals surface area (Å²) in [6.45, 7) is 0.359. The van der Waals surface area contributed by atoms with Gasteiger partial charge in [-0.05, 0) is 71.8 Å².